The Hall–Kier alpha value is -5.68. The molecule has 7 rings (SSSR count). The number of benzene rings is 7. The number of hydrogen-bond acceptors (Lipinski definition) is 3. The Balaban J connectivity index is 0.956. The Kier molecular flexibility index (Phi) is 11.9. The van der Waals surface area contributed by atoms with Gasteiger partial charge in [-0.2, -0.15) is 0 Å². The third-order valence-electron chi connectivity index (χ3n) is 9.28. The Morgan fingerprint density at radius 3 is 1.42 bits per heavy atom. The molecule has 7 aromatic carbocycles. The number of hydrogen-bond donors (Lipinski definition) is 0. The summed E-state index contributed by atoms with van der Waals surface area (Å²) in [5.74, 6) is 0.887. The molecule has 0 amide bonds. The SMILES string of the molecule is C=Cc1ccc(OCCCCOCc2ccc(N(c3ccccc3)c3ccc(-c4ccc(-c5ccc(-c6ccc(Br)cc6)cc5)cc4)cc3)cc2)cc1. The molecule has 0 saturated heterocycles. The first-order valence-corrected chi connectivity index (χ1v) is 18.9. The van der Waals surface area contributed by atoms with E-state index >= 15 is 0 Å². The average molecular weight is 757 g/mol. The van der Waals surface area contributed by atoms with Crippen LogP contribution in [0.25, 0.3) is 39.5 Å². The molecule has 0 saturated carbocycles. The van der Waals surface area contributed by atoms with Crippen LogP contribution in [0.3, 0.4) is 0 Å². The van der Waals surface area contributed by atoms with Gasteiger partial charge in [-0.25, -0.2) is 0 Å². The van der Waals surface area contributed by atoms with Crippen molar-refractivity contribution in [1.82, 2.24) is 0 Å². The zero-order chi connectivity index (χ0) is 36.2. The van der Waals surface area contributed by atoms with Crippen molar-refractivity contribution in [3.05, 3.63) is 198 Å². The van der Waals surface area contributed by atoms with Crippen LogP contribution in [0.5, 0.6) is 5.75 Å². The number of para-hydroxylation sites is 1. The van der Waals surface area contributed by atoms with Crippen LogP contribution in [-0.4, -0.2) is 13.2 Å². The van der Waals surface area contributed by atoms with E-state index in [9.17, 15) is 0 Å². The lowest BCUT2D eigenvalue weighted by Crippen LogP contribution is -2.10. The van der Waals surface area contributed by atoms with Gasteiger partial charge in [0.2, 0.25) is 0 Å². The number of unbranched alkanes of at least 4 members (excludes halogenated alkanes) is 1. The van der Waals surface area contributed by atoms with Crippen LogP contribution in [0.2, 0.25) is 0 Å². The minimum atomic E-state index is 0.584. The predicted molar refractivity (Wildman–Crippen MR) is 226 cm³/mol. The van der Waals surface area contributed by atoms with Gasteiger partial charge in [-0.05, 0) is 118 Å². The summed E-state index contributed by atoms with van der Waals surface area (Å²) in [7, 11) is 0. The smallest absolute Gasteiger partial charge is 0.119 e. The largest absolute Gasteiger partial charge is 0.494 e. The molecule has 7 aromatic rings. The summed E-state index contributed by atoms with van der Waals surface area (Å²) in [5.41, 5.74) is 12.8. The average Bonchev–Trinajstić information content (AvgIpc) is 3.22. The van der Waals surface area contributed by atoms with Gasteiger partial charge >= 0.3 is 0 Å². The van der Waals surface area contributed by atoms with E-state index in [1.54, 1.807) is 0 Å². The summed E-state index contributed by atoms with van der Waals surface area (Å²) in [5, 5.41) is 0. The molecule has 0 aromatic heterocycles. The van der Waals surface area contributed by atoms with Crippen LogP contribution < -0.4 is 9.64 Å². The maximum absolute atomic E-state index is 6.00. The fourth-order valence-electron chi connectivity index (χ4n) is 6.31. The Morgan fingerprint density at radius 2 is 0.906 bits per heavy atom. The second-order valence-electron chi connectivity index (χ2n) is 12.9. The summed E-state index contributed by atoms with van der Waals surface area (Å²) in [4.78, 5) is 2.29. The van der Waals surface area contributed by atoms with Crippen LogP contribution in [0, 0.1) is 0 Å². The maximum Gasteiger partial charge on any atom is 0.119 e. The quantitative estimate of drug-likeness (QED) is 0.0973. The molecule has 0 bridgehead atoms. The molecule has 0 fully saturated rings. The first-order valence-electron chi connectivity index (χ1n) is 18.1. The molecule has 0 aliphatic carbocycles. The number of ether oxygens (including phenoxy) is 2. The van der Waals surface area contributed by atoms with E-state index in [2.05, 4.69) is 179 Å². The van der Waals surface area contributed by atoms with Crippen molar-refractivity contribution >= 4 is 39.1 Å². The molecule has 0 unspecified atom stereocenters. The summed E-state index contributed by atoms with van der Waals surface area (Å²) < 4.78 is 12.9. The fraction of sp³-hybridized carbons (Fsp3) is 0.102. The highest BCUT2D eigenvalue weighted by Crippen LogP contribution is 2.36. The van der Waals surface area contributed by atoms with Crippen molar-refractivity contribution in [3.8, 4) is 39.1 Å². The van der Waals surface area contributed by atoms with Crippen molar-refractivity contribution in [2.75, 3.05) is 18.1 Å². The molecule has 0 spiro atoms. The zero-order valence-corrected chi connectivity index (χ0v) is 31.3. The highest BCUT2D eigenvalue weighted by molar-refractivity contribution is 9.10. The van der Waals surface area contributed by atoms with E-state index < -0.39 is 0 Å². The highest BCUT2D eigenvalue weighted by atomic mass is 79.9. The summed E-state index contributed by atoms with van der Waals surface area (Å²) >= 11 is 3.52. The molecule has 0 radical (unpaired) electrons. The van der Waals surface area contributed by atoms with Crippen LogP contribution >= 0.6 is 15.9 Å². The predicted octanol–water partition coefficient (Wildman–Crippen LogP) is 13.9. The van der Waals surface area contributed by atoms with E-state index in [1.165, 1.54) is 33.4 Å². The molecule has 0 heterocycles. The third-order valence-corrected chi connectivity index (χ3v) is 9.81. The molecule has 0 aliphatic heterocycles. The zero-order valence-electron chi connectivity index (χ0n) is 29.7. The second kappa shape index (κ2) is 17.7. The lowest BCUT2D eigenvalue weighted by molar-refractivity contribution is 0.113. The third kappa shape index (κ3) is 9.41. The normalized spacial score (nSPS) is 10.9. The van der Waals surface area contributed by atoms with Crippen molar-refractivity contribution in [3.63, 3.8) is 0 Å². The van der Waals surface area contributed by atoms with E-state index in [0.29, 0.717) is 19.8 Å². The second-order valence-corrected chi connectivity index (χ2v) is 13.8. The van der Waals surface area contributed by atoms with Crippen molar-refractivity contribution in [1.29, 1.82) is 0 Å². The van der Waals surface area contributed by atoms with Crippen molar-refractivity contribution in [2.24, 2.45) is 0 Å². The van der Waals surface area contributed by atoms with Crippen LogP contribution in [0.4, 0.5) is 17.1 Å². The summed E-state index contributed by atoms with van der Waals surface area (Å²) in [6, 6.07) is 62.0. The van der Waals surface area contributed by atoms with Gasteiger partial charge in [-0.3, -0.25) is 0 Å². The van der Waals surface area contributed by atoms with Crippen LogP contribution in [0.1, 0.15) is 24.0 Å². The van der Waals surface area contributed by atoms with Gasteiger partial charge in [0.05, 0.1) is 13.2 Å². The maximum atomic E-state index is 6.00. The Morgan fingerprint density at radius 1 is 0.472 bits per heavy atom. The Bertz CT molecular complexity index is 2180. The first-order chi connectivity index (χ1) is 26.1. The summed E-state index contributed by atoms with van der Waals surface area (Å²) in [6.45, 7) is 5.76. The van der Waals surface area contributed by atoms with Gasteiger partial charge in [0.1, 0.15) is 5.75 Å². The molecule has 262 valence electrons. The number of rotatable bonds is 15. The van der Waals surface area contributed by atoms with Gasteiger partial charge in [0.25, 0.3) is 0 Å². The lowest BCUT2D eigenvalue weighted by Gasteiger charge is -2.26. The lowest BCUT2D eigenvalue weighted by atomic mass is 9.98. The first kappa shape index (κ1) is 35.7. The van der Waals surface area contributed by atoms with Crippen LogP contribution in [0.15, 0.2) is 187 Å². The van der Waals surface area contributed by atoms with E-state index in [4.69, 9.17) is 9.47 Å². The fourth-order valence-corrected chi connectivity index (χ4v) is 6.57. The summed E-state index contributed by atoms with van der Waals surface area (Å²) in [6.07, 6.45) is 3.73. The van der Waals surface area contributed by atoms with Gasteiger partial charge in [-0.1, -0.05) is 144 Å². The Labute approximate surface area is 321 Å². The molecular formula is C49H42BrNO2. The van der Waals surface area contributed by atoms with Gasteiger partial charge in [0.15, 0.2) is 0 Å². The molecule has 53 heavy (non-hydrogen) atoms. The standard InChI is InChI=1S/C49H42BrNO2/c1-2-37-12-32-49(33-13-37)53-35-7-6-34-52-36-38-10-28-47(29-11-38)51(46-8-4-3-5-9-46)48-30-24-44(25-31-48)42-20-16-40(17-21-42)39-14-18-41(19-15-39)43-22-26-45(50)27-23-43/h2-5,8-33H,1,6-7,34-36H2. The van der Waals surface area contributed by atoms with E-state index in [0.717, 1.165) is 51.3 Å². The topological polar surface area (TPSA) is 21.7 Å². The van der Waals surface area contributed by atoms with Gasteiger partial charge in [-0.15, -0.1) is 0 Å². The van der Waals surface area contributed by atoms with Gasteiger partial charge < -0.3 is 14.4 Å². The molecule has 0 atom stereocenters. The van der Waals surface area contributed by atoms with Gasteiger partial charge in [0, 0.05) is 28.1 Å². The molecular weight excluding hydrogens is 714 g/mol. The van der Waals surface area contributed by atoms with Crippen molar-refractivity contribution in [2.45, 2.75) is 19.4 Å². The van der Waals surface area contributed by atoms with Crippen molar-refractivity contribution < 1.29 is 9.47 Å². The molecule has 3 nitrogen and oxygen atoms in total. The highest BCUT2D eigenvalue weighted by Gasteiger charge is 2.13. The monoisotopic (exact) mass is 755 g/mol. The van der Waals surface area contributed by atoms with E-state index in [-0.39, 0.29) is 0 Å². The molecule has 4 heteroatoms. The van der Waals surface area contributed by atoms with Crippen LogP contribution in [-0.2, 0) is 11.3 Å². The number of halogens is 1. The number of anilines is 3. The molecule has 0 N–H and O–H groups in total. The molecule has 0 aliphatic rings. The number of nitrogens with zero attached hydrogens (tertiary/aromatic N) is 1. The minimum Gasteiger partial charge on any atom is -0.494 e. The van der Waals surface area contributed by atoms with E-state index in [1.807, 2.05) is 30.3 Å². The minimum absolute atomic E-state index is 0.584.